The van der Waals surface area contributed by atoms with Gasteiger partial charge >= 0.3 is 0 Å². The fourth-order valence-electron chi connectivity index (χ4n) is 2.51. The maximum atomic E-state index is 4.18. The molecule has 0 saturated carbocycles. The van der Waals surface area contributed by atoms with Gasteiger partial charge in [-0.1, -0.05) is 43.3 Å². The molecule has 0 aliphatic carbocycles. The summed E-state index contributed by atoms with van der Waals surface area (Å²) in [5.74, 6) is 0. The number of hydrogen-bond donors (Lipinski definition) is 1. The number of aromatic nitrogens is 1. The van der Waals surface area contributed by atoms with Crippen molar-refractivity contribution in [1.29, 1.82) is 0 Å². The van der Waals surface area contributed by atoms with Gasteiger partial charge in [-0.25, -0.2) is 0 Å². The Morgan fingerprint density at radius 1 is 0.950 bits per heavy atom. The molecule has 0 amide bonds. The van der Waals surface area contributed by atoms with Gasteiger partial charge in [0.05, 0.1) is 0 Å². The van der Waals surface area contributed by atoms with Crippen molar-refractivity contribution < 1.29 is 0 Å². The molecule has 1 heterocycles. The molecule has 2 heteroatoms. The van der Waals surface area contributed by atoms with Crippen molar-refractivity contribution in [3.05, 3.63) is 66.0 Å². The van der Waals surface area contributed by atoms with Gasteiger partial charge in [0, 0.05) is 18.4 Å². The van der Waals surface area contributed by atoms with Crippen LogP contribution in [0.5, 0.6) is 0 Å². The summed E-state index contributed by atoms with van der Waals surface area (Å²) in [6.45, 7) is 3.21. The van der Waals surface area contributed by atoms with E-state index in [1.807, 2.05) is 18.5 Å². The minimum Gasteiger partial charge on any atom is -0.314 e. The van der Waals surface area contributed by atoms with Crippen molar-refractivity contribution in [3.63, 3.8) is 0 Å². The van der Waals surface area contributed by atoms with Crippen LogP contribution in [0.2, 0.25) is 0 Å². The molecule has 106 valence electrons. The number of nitrogens with zero attached hydrogens (tertiary/aromatic N) is 1. The summed E-state index contributed by atoms with van der Waals surface area (Å²) in [7, 11) is 0. The largest absolute Gasteiger partial charge is 0.314 e. The topological polar surface area (TPSA) is 24.9 Å². The molecule has 1 unspecified atom stereocenters. The molecule has 1 N–H and O–H groups in total. The van der Waals surface area contributed by atoms with Crippen molar-refractivity contribution in [2.24, 2.45) is 0 Å². The first kappa shape index (κ1) is 14.7. The summed E-state index contributed by atoms with van der Waals surface area (Å²) in [5, 5.41) is 3.60. The van der Waals surface area contributed by atoms with E-state index in [2.05, 4.69) is 53.6 Å². The molecule has 1 aromatic heterocycles. The number of pyridine rings is 1. The molecule has 0 spiro atoms. The van der Waals surface area contributed by atoms with Gasteiger partial charge in [0.25, 0.3) is 0 Å². The van der Waals surface area contributed by atoms with Crippen LogP contribution in [0.15, 0.2) is 54.9 Å². The molecule has 0 radical (unpaired) electrons. The highest BCUT2D eigenvalue weighted by atomic mass is 14.9. The molecule has 2 rings (SSSR count). The molecule has 2 nitrogen and oxygen atoms in total. The Morgan fingerprint density at radius 3 is 2.30 bits per heavy atom. The normalized spacial score (nSPS) is 12.2. The molecule has 0 aliphatic rings. The molecule has 1 atom stereocenters. The number of rotatable bonds is 8. The molecule has 20 heavy (non-hydrogen) atoms. The van der Waals surface area contributed by atoms with E-state index in [-0.39, 0.29) is 0 Å². The third-order valence-corrected chi connectivity index (χ3v) is 3.62. The minimum absolute atomic E-state index is 0.584. The predicted octanol–water partition coefficient (Wildman–Crippen LogP) is 3.63. The third kappa shape index (κ3) is 5.14. The smallest absolute Gasteiger partial charge is 0.0299 e. The van der Waals surface area contributed by atoms with E-state index in [9.17, 15) is 0 Å². The standard InChI is InChI=1S/C18H24N2/c1-2-20-18(12-10-16-7-4-3-5-8-16)13-11-17-9-6-14-19-15-17/h3-9,14-15,18,20H,2,10-13H2,1H3. The summed E-state index contributed by atoms with van der Waals surface area (Å²) >= 11 is 0. The van der Waals surface area contributed by atoms with Crippen LogP contribution >= 0.6 is 0 Å². The van der Waals surface area contributed by atoms with Crippen LogP contribution in [0.1, 0.15) is 30.9 Å². The van der Waals surface area contributed by atoms with E-state index in [1.54, 1.807) is 0 Å². The van der Waals surface area contributed by atoms with E-state index in [4.69, 9.17) is 0 Å². The second-order valence-electron chi connectivity index (χ2n) is 5.18. The van der Waals surface area contributed by atoms with Gasteiger partial charge in [-0.15, -0.1) is 0 Å². The highest BCUT2D eigenvalue weighted by Gasteiger charge is 2.08. The van der Waals surface area contributed by atoms with Crippen molar-refractivity contribution >= 4 is 0 Å². The maximum Gasteiger partial charge on any atom is 0.0299 e. The van der Waals surface area contributed by atoms with Gasteiger partial charge in [0.1, 0.15) is 0 Å². The quantitative estimate of drug-likeness (QED) is 0.791. The molecular formula is C18H24N2. The molecule has 2 aromatic rings. The molecule has 0 fully saturated rings. The zero-order valence-corrected chi connectivity index (χ0v) is 12.3. The first-order valence-electron chi connectivity index (χ1n) is 7.54. The van der Waals surface area contributed by atoms with Crippen LogP contribution in [-0.4, -0.2) is 17.6 Å². The second-order valence-corrected chi connectivity index (χ2v) is 5.18. The first-order valence-corrected chi connectivity index (χ1v) is 7.54. The van der Waals surface area contributed by atoms with E-state index in [1.165, 1.54) is 24.0 Å². The monoisotopic (exact) mass is 268 g/mol. The molecular weight excluding hydrogens is 244 g/mol. The molecule has 0 aliphatic heterocycles. The average Bonchev–Trinajstić information content (AvgIpc) is 2.52. The maximum absolute atomic E-state index is 4.18. The summed E-state index contributed by atoms with van der Waals surface area (Å²) in [4.78, 5) is 4.18. The van der Waals surface area contributed by atoms with Crippen LogP contribution in [-0.2, 0) is 12.8 Å². The number of hydrogen-bond acceptors (Lipinski definition) is 2. The fraction of sp³-hybridized carbons (Fsp3) is 0.389. The van der Waals surface area contributed by atoms with Gasteiger partial charge in [-0.2, -0.15) is 0 Å². The average molecular weight is 268 g/mol. The summed E-state index contributed by atoms with van der Waals surface area (Å²) in [5.41, 5.74) is 2.76. The lowest BCUT2D eigenvalue weighted by Gasteiger charge is -2.17. The van der Waals surface area contributed by atoms with Gasteiger partial charge in [0.2, 0.25) is 0 Å². The van der Waals surface area contributed by atoms with E-state index >= 15 is 0 Å². The van der Waals surface area contributed by atoms with Crippen molar-refractivity contribution in [3.8, 4) is 0 Å². The van der Waals surface area contributed by atoms with Crippen LogP contribution in [0.3, 0.4) is 0 Å². The van der Waals surface area contributed by atoms with E-state index < -0.39 is 0 Å². The number of aryl methyl sites for hydroxylation is 2. The first-order chi connectivity index (χ1) is 9.88. The van der Waals surface area contributed by atoms with Crippen molar-refractivity contribution in [2.45, 2.75) is 38.6 Å². The molecule has 1 aromatic carbocycles. The SMILES string of the molecule is CCNC(CCc1ccccc1)CCc1cccnc1. The number of benzene rings is 1. The zero-order chi connectivity index (χ0) is 14.0. The molecule has 0 saturated heterocycles. The van der Waals surface area contributed by atoms with Crippen LogP contribution < -0.4 is 5.32 Å². The van der Waals surface area contributed by atoms with E-state index in [0.717, 1.165) is 19.4 Å². The van der Waals surface area contributed by atoms with Crippen LogP contribution in [0, 0.1) is 0 Å². The predicted molar refractivity (Wildman–Crippen MR) is 84.8 cm³/mol. The highest BCUT2D eigenvalue weighted by molar-refractivity contribution is 5.15. The number of nitrogens with one attached hydrogen (secondary N) is 1. The molecule has 0 bridgehead atoms. The summed E-state index contributed by atoms with van der Waals surface area (Å²) in [6.07, 6.45) is 8.41. The van der Waals surface area contributed by atoms with Crippen molar-refractivity contribution in [1.82, 2.24) is 10.3 Å². The lowest BCUT2D eigenvalue weighted by molar-refractivity contribution is 0.464. The lowest BCUT2D eigenvalue weighted by Crippen LogP contribution is -2.29. The van der Waals surface area contributed by atoms with Gasteiger partial charge in [0.15, 0.2) is 0 Å². The Bertz CT molecular complexity index is 424. The Morgan fingerprint density at radius 2 is 1.65 bits per heavy atom. The summed E-state index contributed by atoms with van der Waals surface area (Å²) < 4.78 is 0. The van der Waals surface area contributed by atoms with Crippen LogP contribution in [0.4, 0.5) is 0 Å². The van der Waals surface area contributed by atoms with E-state index in [0.29, 0.717) is 6.04 Å². The third-order valence-electron chi connectivity index (χ3n) is 3.62. The Hall–Kier alpha value is -1.67. The summed E-state index contributed by atoms with van der Waals surface area (Å²) in [6, 6.07) is 15.5. The Labute approximate surface area is 122 Å². The van der Waals surface area contributed by atoms with Gasteiger partial charge < -0.3 is 5.32 Å². The van der Waals surface area contributed by atoms with Gasteiger partial charge in [-0.05, 0) is 49.4 Å². The van der Waals surface area contributed by atoms with Crippen LogP contribution in [0.25, 0.3) is 0 Å². The highest BCUT2D eigenvalue weighted by Crippen LogP contribution is 2.10. The minimum atomic E-state index is 0.584. The zero-order valence-electron chi connectivity index (χ0n) is 12.3. The van der Waals surface area contributed by atoms with Gasteiger partial charge in [-0.3, -0.25) is 4.98 Å². The lowest BCUT2D eigenvalue weighted by atomic mass is 9.99. The fourth-order valence-corrected chi connectivity index (χ4v) is 2.51. The second kappa shape index (κ2) is 8.49. The van der Waals surface area contributed by atoms with Crippen molar-refractivity contribution in [2.75, 3.05) is 6.54 Å². The Balaban J connectivity index is 1.81. The Kier molecular flexibility index (Phi) is 6.25.